The van der Waals surface area contributed by atoms with Crippen molar-refractivity contribution in [2.24, 2.45) is 0 Å². The van der Waals surface area contributed by atoms with E-state index in [1.54, 1.807) is 0 Å². The topological polar surface area (TPSA) is 29.5 Å². The Labute approximate surface area is 68.4 Å². The molecule has 0 unspecified atom stereocenters. The van der Waals surface area contributed by atoms with Crippen molar-refractivity contribution < 1.29 is 9.53 Å². The largest absolute Gasteiger partial charge is 0.448 e. The van der Waals surface area contributed by atoms with Crippen LogP contribution in [0.4, 0.5) is 4.79 Å². The van der Waals surface area contributed by atoms with Crippen LogP contribution in [0.5, 0.6) is 0 Å². The van der Waals surface area contributed by atoms with Crippen molar-refractivity contribution in [3.05, 3.63) is 0 Å². The molecule has 1 aliphatic rings. The van der Waals surface area contributed by atoms with Crippen molar-refractivity contribution in [2.45, 2.75) is 32.6 Å². The van der Waals surface area contributed by atoms with Crippen molar-refractivity contribution >= 4 is 14.3 Å². The Morgan fingerprint density at radius 3 is 2.27 bits per heavy atom. The minimum atomic E-state index is -1.49. The van der Waals surface area contributed by atoms with Gasteiger partial charge in [-0.15, -0.1) is 0 Å². The first-order valence-electron chi connectivity index (χ1n) is 3.89. The fourth-order valence-electron chi connectivity index (χ4n) is 1.45. The highest BCUT2D eigenvalue weighted by Gasteiger charge is 2.38. The van der Waals surface area contributed by atoms with Gasteiger partial charge in [0.05, 0.1) is 6.04 Å². The van der Waals surface area contributed by atoms with Crippen molar-refractivity contribution in [2.75, 3.05) is 6.61 Å². The number of amides is 1. The summed E-state index contributed by atoms with van der Waals surface area (Å²) in [4.78, 5) is 11.2. The highest BCUT2D eigenvalue weighted by atomic mass is 28.3. The quantitative estimate of drug-likeness (QED) is 0.564. The summed E-state index contributed by atoms with van der Waals surface area (Å²) in [6.07, 6.45) is -0.128. The molecule has 1 saturated heterocycles. The second-order valence-electron chi connectivity index (χ2n) is 3.97. The number of hydrogen-bond acceptors (Lipinski definition) is 2. The Bertz CT molecular complexity index is 176. The van der Waals surface area contributed by atoms with Crippen LogP contribution in [0.2, 0.25) is 19.6 Å². The van der Waals surface area contributed by atoms with Crippen molar-refractivity contribution in [1.82, 2.24) is 4.57 Å². The maximum absolute atomic E-state index is 11.2. The lowest BCUT2D eigenvalue weighted by molar-refractivity contribution is 0.169. The third-order valence-corrected chi connectivity index (χ3v) is 3.88. The average molecular weight is 173 g/mol. The van der Waals surface area contributed by atoms with Crippen molar-refractivity contribution in [3.63, 3.8) is 0 Å². The van der Waals surface area contributed by atoms with Crippen LogP contribution < -0.4 is 0 Å². The van der Waals surface area contributed by atoms with Crippen LogP contribution in [-0.2, 0) is 4.74 Å². The molecule has 1 heterocycles. The van der Waals surface area contributed by atoms with Gasteiger partial charge in [0, 0.05) is 0 Å². The first kappa shape index (κ1) is 8.58. The number of nitrogens with zero attached hydrogens (tertiary/aromatic N) is 1. The van der Waals surface area contributed by atoms with Crippen molar-refractivity contribution in [3.8, 4) is 0 Å². The minimum Gasteiger partial charge on any atom is -0.448 e. The summed E-state index contributed by atoms with van der Waals surface area (Å²) in [5, 5.41) is 0. The molecule has 4 heteroatoms. The summed E-state index contributed by atoms with van der Waals surface area (Å²) in [6.45, 7) is 9.04. The SMILES string of the molecule is C[C@@H]1COC(=O)N1[Si](C)(C)C. The van der Waals surface area contributed by atoms with Gasteiger partial charge in [-0.05, 0) is 6.92 Å². The molecule has 0 spiro atoms. The van der Waals surface area contributed by atoms with Crippen LogP contribution in [0, 0.1) is 0 Å². The van der Waals surface area contributed by atoms with Crippen LogP contribution in [-0.4, -0.2) is 31.5 Å². The van der Waals surface area contributed by atoms with E-state index in [-0.39, 0.29) is 12.1 Å². The van der Waals surface area contributed by atoms with E-state index in [0.29, 0.717) is 6.61 Å². The van der Waals surface area contributed by atoms with Crippen LogP contribution in [0.25, 0.3) is 0 Å². The molecule has 64 valence electrons. The smallest absolute Gasteiger partial charge is 0.402 e. The van der Waals surface area contributed by atoms with Gasteiger partial charge in [0.1, 0.15) is 6.61 Å². The number of carbonyl (C=O) groups is 1. The summed E-state index contributed by atoms with van der Waals surface area (Å²) in [7, 11) is -1.49. The zero-order valence-corrected chi connectivity index (χ0v) is 8.55. The van der Waals surface area contributed by atoms with Gasteiger partial charge in [0.25, 0.3) is 0 Å². The molecule has 11 heavy (non-hydrogen) atoms. The van der Waals surface area contributed by atoms with Gasteiger partial charge in [-0.2, -0.15) is 0 Å². The normalized spacial score (nSPS) is 25.6. The molecule has 0 radical (unpaired) electrons. The van der Waals surface area contributed by atoms with Gasteiger partial charge in [0.15, 0.2) is 8.24 Å². The van der Waals surface area contributed by atoms with Crippen molar-refractivity contribution in [1.29, 1.82) is 0 Å². The molecule has 0 saturated carbocycles. The molecular formula is C7H15NO2Si. The van der Waals surface area contributed by atoms with Gasteiger partial charge in [-0.3, -0.25) is 0 Å². The first-order chi connectivity index (χ1) is 4.93. The standard InChI is InChI=1S/C7H15NO2Si/c1-6-5-10-7(9)8(6)11(2,3)4/h6H,5H2,1-4H3/t6-/m1/s1. The molecule has 1 amide bonds. The average Bonchev–Trinajstić information content (AvgIpc) is 2.08. The number of cyclic esters (lactones) is 1. The summed E-state index contributed by atoms with van der Waals surface area (Å²) >= 11 is 0. The fourth-order valence-corrected chi connectivity index (χ4v) is 3.46. The van der Waals surface area contributed by atoms with Crippen LogP contribution >= 0.6 is 0 Å². The number of rotatable bonds is 1. The molecule has 0 aromatic heterocycles. The summed E-state index contributed by atoms with van der Waals surface area (Å²) in [5.41, 5.74) is 0. The second-order valence-corrected chi connectivity index (χ2v) is 8.79. The zero-order valence-electron chi connectivity index (χ0n) is 7.55. The van der Waals surface area contributed by atoms with Gasteiger partial charge in [-0.25, -0.2) is 4.79 Å². The molecule has 0 bridgehead atoms. The highest BCUT2D eigenvalue weighted by Crippen LogP contribution is 2.20. The first-order valence-corrected chi connectivity index (χ1v) is 7.34. The lowest BCUT2D eigenvalue weighted by atomic mass is 10.4. The summed E-state index contributed by atoms with van der Waals surface area (Å²) < 4.78 is 6.84. The van der Waals surface area contributed by atoms with Gasteiger partial charge in [0.2, 0.25) is 0 Å². The maximum Gasteiger partial charge on any atom is 0.402 e. The van der Waals surface area contributed by atoms with E-state index >= 15 is 0 Å². The molecule has 1 atom stereocenters. The molecule has 0 aliphatic carbocycles. The Morgan fingerprint density at radius 1 is 1.55 bits per heavy atom. The Hall–Kier alpha value is -0.513. The van der Waals surface area contributed by atoms with E-state index in [0.717, 1.165) is 0 Å². The molecule has 0 aromatic rings. The summed E-state index contributed by atoms with van der Waals surface area (Å²) in [5.74, 6) is 0. The van der Waals surface area contributed by atoms with E-state index in [9.17, 15) is 4.79 Å². The van der Waals surface area contributed by atoms with E-state index in [4.69, 9.17) is 4.74 Å². The highest BCUT2D eigenvalue weighted by molar-refractivity contribution is 6.75. The number of carbonyl (C=O) groups excluding carboxylic acids is 1. The zero-order chi connectivity index (χ0) is 8.65. The second kappa shape index (κ2) is 2.51. The van der Waals surface area contributed by atoms with E-state index < -0.39 is 8.24 Å². The van der Waals surface area contributed by atoms with E-state index in [1.165, 1.54) is 0 Å². The van der Waals surface area contributed by atoms with Crippen LogP contribution in [0.1, 0.15) is 6.92 Å². The monoisotopic (exact) mass is 173 g/mol. The Balaban J connectivity index is 2.77. The molecule has 3 nitrogen and oxygen atoms in total. The lowest BCUT2D eigenvalue weighted by Gasteiger charge is -2.30. The fraction of sp³-hybridized carbons (Fsp3) is 0.857. The van der Waals surface area contributed by atoms with E-state index in [2.05, 4.69) is 19.6 Å². The number of ether oxygens (including phenoxy) is 1. The Morgan fingerprint density at radius 2 is 2.09 bits per heavy atom. The van der Waals surface area contributed by atoms with Gasteiger partial charge in [-0.1, -0.05) is 19.6 Å². The lowest BCUT2D eigenvalue weighted by Crippen LogP contribution is -2.50. The third-order valence-electron chi connectivity index (χ3n) is 1.81. The minimum absolute atomic E-state index is 0.128. The predicted octanol–water partition coefficient (Wildman–Crippen LogP) is 1.66. The molecule has 1 aliphatic heterocycles. The van der Waals surface area contributed by atoms with Crippen LogP contribution in [0.15, 0.2) is 0 Å². The van der Waals surface area contributed by atoms with Gasteiger partial charge >= 0.3 is 6.09 Å². The summed E-state index contributed by atoms with van der Waals surface area (Å²) in [6, 6.07) is 0.272. The third kappa shape index (κ3) is 1.56. The molecule has 0 N–H and O–H groups in total. The maximum atomic E-state index is 11.2. The molecular weight excluding hydrogens is 158 g/mol. The Kier molecular flexibility index (Phi) is 1.96. The number of hydrogen-bond donors (Lipinski definition) is 0. The van der Waals surface area contributed by atoms with E-state index in [1.807, 2.05) is 11.5 Å². The van der Waals surface area contributed by atoms with Gasteiger partial charge < -0.3 is 9.30 Å². The van der Waals surface area contributed by atoms with Crippen LogP contribution in [0.3, 0.4) is 0 Å². The molecule has 1 rings (SSSR count). The molecule has 1 fully saturated rings. The predicted molar refractivity (Wildman–Crippen MR) is 46.0 cm³/mol. The molecule has 0 aromatic carbocycles.